The first-order chi connectivity index (χ1) is 7.74. The van der Waals surface area contributed by atoms with Crippen molar-refractivity contribution in [2.45, 2.75) is 9.79 Å². The molecule has 0 amide bonds. The fraction of sp³-hybridized carbons (Fsp3) is 0. The highest BCUT2D eigenvalue weighted by molar-refractivity contribution is 8.48. The maximum Gasteiger partial charge on any atom is 0.0668 e. The summed E-state index contributed by atoms with van der Waals surface area (Å²) < 4.78 is 40.7. The van der Waals surface area contributed by atoms with Crippen molar-refractivity contribution in [1.29, 1.82) is 0 Å². The predicted octanol–water partition coefficient (Wildman–Crippen LogP) is 3.87. The molecule has 4 nitrogen and oxygen atoms in total. The highest BCUT2D eigenvalue weighted by Gasteiger charge is 2.54. The van der Waals surface area contributed by atoms with E-state index in [0.717, 1.165) is 0 Å². The van der Waals surface area contributed by atoms with E-state index in [0.29, 0.717) is 0 Å². The van der Waals surface area contributed by atoms with Gasteiger partial charge >= 0.3 is 0 Å². The molecular formula is C12H14O4S. The number of hydrogen-bond acceptors (Lipinski definition) is 4. The molecule has 2 aromatic carbocycles. The van der Waals surface area contributed by atoms with E-state index in [2.05, 4.69) is 0 Å². The van der Waals surface area contributed by atoms with Crippen LogP contribution in [0, 0.1) is 0 Å². The Bertz CT molecular complexity index is 484. The Balaban J connectivity index is 2.76. The molecule has 0 bridgehead atoms. The Hall–Kier alpha value is -1.37. The van der Waals surface area contributed by atoms with Crippen LogP contribution in [0.3, 0.4) is 0 Å². The van der Waals surface area contributed by atoms with Gasteiger partial charge in [-0.15, -0.1) is 0 Å². The van der Waals surface area contributed by atoms with Gasteiger partial charge in [0.15, 0.2) is 0 Å². The van der Waals surface area contributed by atoms with Gasteiger partial charge in [0.2, 0.25) is 0 Å². The molecule has 0 aliphatic heterocycles. The van der Waals surface area contributed by atoms with E-state index >= 15 is 0 Å². The van der Waals surface area contributed by atoms with E-state index in [1.807, 2.05) is 0 Å². The lowest BCUT2D eigenvalue weighted by Gasteiger charge is -2.62. The molecule has 92 valence electrons. The van der Waals surface area contributed by atoms with E-state index in [4.69, 9.17) is 0 Å². The summed E-state index contributed by atoms with van der Waals surface area (Å²) in [5.41, 5.74) is 0. The molecule has 0 atom stereocenters. The molecule has 0 spiro atoms. The third-order valence-corrected chi connectivity index (χ3v) is 5.27. The maximum atomic E-state index is 10.2. The van der Waals surface area contributed by atoms with E-state index in [-0.39, 0.29) is 9.79 Å². The van der Waals surface area contributed by atoms with Crippen LogP contribution in [0.15, 0.2) is 70.5 Å². The molecule has 0 aliphatic carbocycles. The molecule has 2 rings (SSSR count). The van der Waals surface area contributed by atoms with Crippen molar-refractivity contribution in [3.05, 3.63) is 60.7 Å². The van der Waals surface area contributed by atoms with Gasteiger partial charge in [0, 0.05) is 0 Å². The highest BCUT2D eigenvalue weighted by Crippen LogP contribution is 2.87. The van der Waals surface area contributed by atoms with Crippen molar-refractivity contribution < 1.29 is 18.2 Å². The zero-order chi connectivity index (χ0) is 12.6. The maximum absolute atomic E-state index is 10.2. The molecule has 4 N–H and O–H groups in total. The van der Waals surface area contributed by atoms with Crippen LogP contribution in [0.25, 0.3) is 0 Å². The molecule has 17 heavy (non-hydrogen) atoms. The quantitative estimate of drug-likeness (QED) is 0.655. The molecule has 0 fully saturated rings. The van der Waals surface area contributed by atoms with Crippen molar-refractivity contribution in [3.63, 3.8) is 0 Å². The van der Waals surface area contributed by atoms with Crippen molar-refractivity contribution in [1.82, 2.24) is 0 Å². The molecule has 0 aromatic heterocycles. The Labute approximate surface area is 98.5 Å². The zero-order valence-electron chi connectivity index (χ0n) is 8.97. The van der Waals surface area contributed by atoms with Crippen LogP contribution in [-0.2, 0) is 0 Å². The lowest BCUT2D eigenvalue weighted by atomic mass is 10.4. The molecule has 0 saturated carbocycles. The molecule has 5 heteroatoms. The molecular weight excluding hydrogens is 240 g/mol. The summed E-state index contributed by atoms with van der Waals surface area (Å²) in [7, 11) is -6.38. The summed E-state index contributed by atoms with van der Waals surface area (Å²) in [4.78, 5) is -0.669. The molecule has 0 unspecified atom stereocenters. The second kappa shape index (κ2) is 3.10. The summed E-state index contributed by atoms with van der Waals surface area (Å²) in [5, 5.41) is 0. The second-order valence-corrected chi connectivity index (χ2v) is 7.54. The second-order valence-electron chi connectivity index (χ2n) is 3.95. The van der Waals surface area contributed by atoms with Crippen LogP contribution >= 0.6 is 9.42 Å². The first-order valence-electron chi connectivity index (χ1n) is 4.96. The van der Waals surface area contributed by atoms with Crippen LogP contribution in [-0.4, -0.2) is 18.2 Å². The van der Waals surface area contributed by atoms with Gasteiger partial charge in [0.1, 0.15) is 0 Å². The average molecular weight is 254 g/mol. The summed E-state index contributed by atoms with van der Waals surface area (Å²) in [6, 6.07) is 14.3. The fourth-order valence-corrected chi connectivity index (χ4v) is 3.43. The summed E-state index contributed by atoms with van der Waals surface area (Å²) in [6.07, 6.45) is 0. The van der Waals surface area contributed by atoms with Gasteiger partial charge in [0.25, 0.3) is 0 Å². The van der Waals surface area contributed by atoms with Crippen molar-refractivity contribution in [2.24, 2.45) is 0 Å². The van der Waals surface area contributed by atoms with E-state index in [9.17, 15) is 18.2 Å². The van der Waals surface area contributed by atoms with Gasteiger partial charge in [0.05, 0.1) is 19.2 Å². The Kier molecular flexibility index (Phi) is 2.20. The SMILES string of the molecule is OS(O)(O)(O)(c1ccccc1)c1ccccc1. The molecule has 0 saturated heterocycles. The van der Waals surface area contributed by atoms with Gasteiger partial charge in [-0.2, -0.15) is 0 Å². The van der Waals surface area contributed by atoms with Crippen LogP contribution in [0.2, 0.25) is 0 Å². The lowest BCUT2D eigenvalue weighted by Crippen LogP contribution is -2.34. The van der Waals surface area contributed by atoms with Crippen LogP contribution in [0.4, 0.5) is 0 Å². The summed E-state index contributed by atoms with van der Waals surface area (Å²) in [6.45, 7) is 0. The van der Waals surface area contributed by atoms with Crippen LogP contribution in [0.1, 0.15) is 0 Å². The normalized spacial score (nSPS) is 16.0. The fourth-order valence-electron chi connectivity index (χ4n) is 1.60. The minimum Gasteiger partial charge on any atom is -0.303 e. The van der Waals surface area contributed by atoms with Crippen molar-refractivity contribution in [2.75, 3.05) is 0 Å². The smallest absolute Gasteiger partial charge is 0.0668 e. The number of rotatable bonds is 2. The average Bonchev–Trinajstić information content (AvgIpc) is 2.30. The highest BCUT2D eigenvalue weighted by atomic mass is 32.4. The minimum atomic E-state index is -6.38. The lowest BCUT2D eigenvalue weighted by molar-refractivity contribution is 0.202. The van der Waals surface area contributed by atoms with Gasteiger partial charge in [-0.25, -0.2) is 0 Å². The molecule has 0 heterocycles. The third kappa shape index (κ3) is 1.95. The van der Waals surface area contributed by atoms with Crippen LogP contribution < -0.4 is 0 Å². The Morgan fingerprint density at radius 1 is 0.529 bits per heavy atom. The van der Waals surface area contributed by atoms with Gasteiger partial charge in [-0.1, -0.05) is 36.4 Å². The topological polar surface area (TPSA) is 80.9 Å². The van der Waals surface area contributed by atoms with Crippen molar-refractivity contribution in [3.8, 4) is 0 Å². The van der Waals surface area contributed by atoms with Gasteiger partial charge in [-0.05, 0) is 24.3 Å². The first kappa shape index (κ1) is 12.1. The monoisotopic (exact) mass is 254 g/mol. The Morgan fingerprint density at radius 2 is 0.824 bits per heavy atom. The molecule has 0 aliphatic rings. The predicted molar refractivity (Wildman–Crippen MR) is 67.5 cm³/mol. The molecule has 2 aromatic rings. The molecule has 0 radical (unpaired) electrons. The van der Waals surface area contributed by atoms with E-state index in [1.165, 1.54) is 48.5 Å². The standard InChI is InChI=1S/C12H14O4S/c13-17(14,15,16,11-7-3-1-4-8-11)12-9-5-2-6-10-12/h1-10,13-16H. The first-order valence-corrected chi connectivity index (χ1v) is 7.24. The van der Waals surface area contributed by atoms with E-state index in [1.54, 1.807) is 12.1 Å². The van der Waals surface area contributed by atoms with Crippen molar-refractivity contribution >= 4 is 9.42 Å². The zero-order valence-corrected chi connectivity index (χ0v) is 9.79. The largest absolute Gasteiger partial charge is 0.303 e. The Morgan fingerprint density at radius 3 is 1.12 bits per heavy atom. The van der Waals surface area contributed by atoms with E-state index < -0.39 is 9.42 Å². The van der Waals surface area contributed by atoms with Crippen LogP contribution in [0.5, 0.6) is 0 Å². The van der Waals surface area contributed by atoms with Gasteiger partial charge < -0.3 is 18.2 Å². The summed E-state index contributed by atoms with van der Waals surface area (Å²) >= 11 is 0. The number of benzene rings is 2. The summed E-state index contributed by atoms with van der Waals surface area (Å²) in [5.74, 6) is 0. The third-order valence-electron chi connectivity index (χ3n) is 2.57. The minimum absolute atomic E-state index is 0.335. The van der Waals surface area contributed by atoms with Gasteiger partial charge in [-0.3, -0.25) is 0 Å². The number of hydrogen-bond donors (Lipinski definition) is 4.